The van der Waals surface area contributed by atoms with E-state index in [1.54, 1.807) is 0 Å². The van der Waals surface area contributed by atoms with Gasteiger partial charge in [-0.15, -0.1) is 0 Å². The molecule has 0 radical (unpaired) electrons. The van der Waals surface area contributed by atoms with Crippen LogP contribution in [0.2, 0.25) is 0 Å². The number of rotatable bonds is 1. The second-order valence-electron chi connectivity index (χ2n) is 4.82. The Labute approximate surface area is 89.4 Å². The topological polar surface area (TPSA) is 9.23 Å². The van der Waals surface area contributed by atoms with Crippen LogP contribution in [0.25, 0.3) is 0 Å². The first kappa shape index (κ1) is 9.97. The molecule has 1 nitrogen and oxygen atoms in total. The fourth-order valence-corrected chi connectivity index (χ4v) is 3.39. The Morgan fingerprint density at radius 1 is 1.46 bits per heavy atom. The average Bonchev–Trinajstić information content (AvgIpc) is 2.18. The second kappa shape index (κ2) is 3.54. The van der Waals surface area contributed by atoms with Crippen molar-refractivity contribution in [2.75, 3.05) is 5.33 Å². The Hall–Kier alpha value is 0.440. The fraction of sp³-hybridized carbons (Fsp3) is 1.00. The molecule has 1 aliphatic carbocycles. The lowest BCUT2D eigenvalue weighted by atomic mass is 9.60. The van der Waals surface area contributed by atoms with Crippen molar-refractivity contribution in [3.63, 3.8) is 0 Å². The number of hydrogen-bond acceptors (Lipinski definition) is 1. The number of ether oxygens (including phenoxy) is 1. The van der Waals surface area contributed by atoms with Crippen molar-refractivity contribution >= 4 is 15.9 Å². The third kappa shape index (κ3) is 1.56. The zero-order valence-corrected chi connectivity index (χ0v) is 10.1. The van der Waals surface area contributed by atoms with Crippen LogP contribution in [0.5, 0.6) is 0 Å². The van der Waals surface area contributed by atoms with Crippen molar-refractivity contribution in [1.82, 2.24) is 0 Å². The Morgan fingerprint density at radius 3 is 2.77 bits per heavy atom. The molecule has 4 unspecified atom stereocenters. The summed E-state index contributed by atoms with van der Waals surface area (Å²) in [4.78, 5) is 0. The highest BCUT2D eigenvalue weighted by Crippen LogP contribution is 2.52. The Bertz CT molecular complexity index is 191. The van der Waals surface area contributed by atoms with Gasteiger partial charge in [-0.25, -0.2) is 0 Å². The molecule has 4 atom stereocenters. The molecule has 0 aromatic carbocycles. The lowest BCUT2D eigenvalue weighted by molar-refractivity contribution is -0.216. The predicted octanol–water partition coefficient (Wildman–Crippen LogP) is 3.37. The lowest BCUT2D eigenvalue weighted by Gasteiger charge is -2.56. The minimum atomic E-state index is 0.274. The smallest absolute Gasteiger partial charge is 0.0717 e. The van der Waals surface area contributed by atoms with Crippen molar-refractivity contribution < 1.29 is 4.74 Å². The monoisotopic (exact) mass is 246 g/mol. The number of hydrogen-bond donors (Lipinski definition) is 0. The van der Waals surface area contributed by atoms with E-state index in [2.05, 4.69) is 29.8 Å². The van der Waals surface area contributed by atoms with Crippen LogP contribution >= 0.6 is 15.9 Å². The van der Waals surface area contributed by atoms with Gasteiger partial charge in [0, 0.05) is 5.33 Å². The molecule has 0 N–H and O–H groups in total. The molecule has 13 heavy (non-hydrogen) atoms. The fourth-order valence-electron chi connectivity index (χ4n) is 2.94. The molecule has 76 valence electrons. The van der Waals surface area contributed by atoms with E-state index >= 15 is 0 Å². The van der Waals surface area contributed by atoms with E-state index in [9.17, 15) is 0 Å². The quantitative estimate of drug-likeness (QED) is 0.645. The maximum atomic E-state index is 6.19. The molecule has 1 saturated carbocycles. The summed E-state index contributed by atoms with van der Waals surface area (Å²) in [5.41, 5.74) is 0.274. The summed E-state index contributed by atoms with van der Waals surface area (Å²) < 4.78 is 6.19. The summed E-state index contributed by atoms with van der Waals surface area (Å²) in [5, 5.41) is 1.01. The Balaban J connectivity index is 1.99. The molecule has 0 aromatic heterocycles. The minimum absolute atomic E-state index is 0.274. The highest BCUT2D eigenvalue weighted by molar-refractivity contribution is 9.09. The molecule has 0 bridgehead atoms. The van der Waals surface area contributed by atoms with Crippen LogP contribution in [-0.4, -0.2) is 17.0 Å². The Kier molecular flexibility index (Phi) is 2.72. The molecular weight excluding hydrogens is 228 g/mol. The lowest BCUT2D eigenvalue weighted by Crippen LogP contribution is -2.57. The SMILES string of the molecule is CC1CC2(CCCC(CBr)O2)C1C. The van der Waals surface area contributed by atoms with Crippen molar-refractivity contribution in [2.24, 2.45) is 11.8 Å². The normalized spacial score (nSPS) is 50.5. The van der Waals surface area contributed by atoms with Crippen molar-refractivity contribution in [3.8, 4) is 0 Å². The van der Waals surface area contributed by atoms with Gasteiger partial charge in [0.05, 0.1) is 11.7 Å². The van der Waals surface area contributed by atoms with Gasteiger partial charge in [-0.05, 0) is 37.5 Å². The molecule has 2 heteroatoms. The van der Waals surface area contributed by atoms with Gasteiger partial charge in [0.2, 0.25) is 0 Å². The zero-order valence-electron chi connectivity index (χ0n) is 8.55. The zero-order chi connectivity index (χ0) is 9.47. The summed E-state index contributed by atoms with van der Waals surface area (Å²) in [6.45, 7) is 4.70. The standard InChI is InChI=1S/C11H19BrO/c1-8-6-11(9(8)2)5-3-4-10(7-12)13-11/h8-10H,3-7H2,1-2H3. The van der Waals surface area contributed by atoms with Gasteiger partial charge in [-0.1, -0.05) is 29.8 Å². The van der Waals surface area contributed by atoms with Crippen LogP contribution in [-0.2, 0) is 4.74 Å². The van der Waals surface area contributed by atoms with E-state index in [-0.39, 0.29) is 5.60 Å². The first-order valence-corrected chi connectivity index (χ1v) is 6.54. The highest BCUT2D eigenvalue weighted by Gasteiger charge is 2.52. The predicted molar refractivity (Wildman–Crippen MR) is 58.2 cm³/mol. The first-order chi connectivity index (χ1) is 6.18. The summed E-state index contributed by atoms with van der Waals surface area (Å²) in [6.07, 6.45) is 5.66. The van der Waals surface area contributed by atoms with Gasteiger partial charge < -0.3 is 4.74 Å². The van der Waals surface area contributed by atoms with Crippen molar-refractivity contribution in [1.29, 1.82) is 0 Å². The number of halogens is 1. The molecule has 0 aromatic rings. The molecule has 1 aliphatic heterocycles. The van der Waals surface area contributed by atoms with Crippen molar-refractivity contribution in [3.05, 3.63) is 0 Å². The van der Waals surface area contributed by atoms with E-state index in [1.807, 2.05) is 0 Å². The maximum absolute atomic E-state index is 6.19. The van der Waals surface area contributed by atoms with E-state index in [0.29, 0.717) is 6.10 Å². The van der Waals surface area contributed by atoms with Crippen LogP contribution in [0.1, 0.15) is 39.5 Å². The third-order valence-corrected chi connectivity index (χ3v) is 4.77. The van der Waals surface area contributed by atoms with Crippen molar-refractivity contribution in [2.45, 2.75) is 51.2 Å². The van der Waals surface area contributed by atoms with E-state index < -0.39 is 0 Å². The molecule has 1 heterocycles. The molecule has 2 aliphatic rings. The van der Waals surface area contributed by atoms with Crippen LogP contribution in [0.15, 0.2) is 0 Å². The molecule has 1 saturated heterocycles. The average molecular weight is 247 g/mol. The summed E-state index contributed by atoms with van der Waals surface area (Å²) in [5.74, 6) is 1.64. The highest BCUT2D eigenvalue weighted by atomic mass is 79.9. The third-order valence-electron chi connectivity index (χ3n) is 4.05. The summed E-state index contributed by atoms with van der Waals surface area (Å²) in [7, 11) is 0. The van der Waals surface area contributed by atoms with Gasteiger partial charge in [0.1, 0.15) is 0 Å². The van der Waals surface area contributed by atoms with Crippen LogP contribution in [0, 0.1) is 11.8 Å². The second-order valence-corrected chi connectivity index (χ2v) is 5.47. The van der Waals surface area contributed by atoms with Gasteiger partial charge in [-0.3, -0.25) is 0 Å². The van der Waals surface area contributed by atoms with E-state index in [0.717, 1.165) is 17.2 Å². The largest absolute Gasteiger partial charge is 0.371 e. The Morgan fingerprint density at radius 2 is 2.23 bits per heavy atom. The molecular formula is C11H19BrO. The van der Waals surface area contributed by atoms with Gasteiger partial charge in [0.25, 0.3) is 0 Å². The van der Waals surface area contributed by atoms with Gasteiger partial charge >= 0.3 is 0 Å². The number of alkyl halides is 1. The van der Waals surface area contributed by atoms with Gasteiger partial charge in [-0.2, -0.15) is 0 Å². The summed E-state index contributed by atoms with van der Waals surface area (Å²) in [6, 6.07) is 0. The molecule has 1 spiro atoms. The molecule has 0 amide bonds. The van der Waals surface area contributed by atoms with Gasteiger partial charge in [0.15, 0.2) is 0 Å². The van der Waals surface area contributed by atoms with Crippen LogP contribution < -0.4 is 0 Å². The van der Waals surface area contributed by atoms with Crippen LogP contribution in [0.3, 0.4) is 0 Å². The first-order valence-electron chi connectivity index (χ1n) is 5.42. The molecule has 2 rings (SSSR count). The van der Waals surface area contributed by atoms with Crippen LogP contribution in [0.4, 0.5) is 0 Å². The molecule has 2 fully saturated rings. The summed E-state index contributed by atoms with van der Waals surface area (Å²) >= 11 is 3.53. The van der Waals surface area contributed by atoms with E-state index in [4.69, 9.17) is 4.74 Å². The minimum Gasteiger partial charge on any atom is -0.371 e. The maximum Gasteiger partial charge on any atom is 0.0717 e. The van der Waals surface area contributed by atoms with E-state index in [1.165, 1.54) is 25.7 Å².